The lowest BCUT2D eigenvalue weighted by Gasteiger charge is -2.09. The van der Waals surface area contributed by atoms with Crippen molar-refractivity contribution in [3.05, 3.63) is 44.3 Å². The Hall–Kier alpha value is -2.48. The van der Waals surface area contributed by atoms with E-state index < -0.39 is 22.4 Å². The molecule has 0 N–H and O–H groups in total. The van der Waals surface area contributed by atoms with Crippen LogP contribution in [-0.4, -0.2) is 18.1 Å². The van der Waals surface area contributed by atoms with E-state index in [1.807, 2.05) is 0 Å². The molecule has 1 aromatic carbocycles. The standard InChI is InChI=1S/C9H7F3N4O3/c10-9(11,12)6-1-2-8(7(5-6)16(17)18)19-4-3-14-15-13/h1-2,5H,3-4H2. The van der Waals surface area contributed by atoms with Gasteiger partial charge >= 0.3 is 11.9 Å². The number of hydrogen-bond acceptors (Lipinski definition) is 4. The summed E-state index contributed by atoms with van der Waals surface area (Å²) in [5, 5.41) is 13.8. The summed E-state index contributed by atoms with van der Waals surface area (Å²) in [6.45, 7) is -0.259. The molecule has 0 unspecified atom stereocenters. The van der Waals surface area contributed by atoms with E-state index in [1.54, 1.807) is 0 Å². The average molecular weight is 276 g/mol. The molecule has 0 fully saturated rings. The van der Waals surface area contributed by atoms with Crippen molar-refractivity contribution in [2.75, 3.05) is 13.2 Å². The highest BCUT2D eigenvalue weighted by atomic mass is 19.4. The van der Waals surface area contributed by atoms with Gasteiger partial charge in [0.1, 0.15) is 0 Å². The van der Waals surface area contributed by atoms with E-state index in [1.165, 1.54) is 0 Å². The quantitative estimate of drug-likeness (QED) is 0.206. The molecule has 0 aliphatic rings. The summed E-state index contributed by atoms with van der Waals surface area (Å²) in [6.07, 6.45) is -4.67. The first-order chi connectivity index (χ1) is 8.86. The molecule has 0 radical (unpaired) electrons. The first-order valence-electron chi connectivity index (χ1n) is 4.85. The summed E-state index contributed by atoms with van der Waals surface area (Å²) in [5.41, 5.74) is 6.07. The van der Waals surface area contributed by atoms with Gasteiger partial charge in [-0.3, -0.25) is 10.1 Å². The molecule has 1 aromatic rings. The van der Waals surface area contributed by atoms with Crippen LogP contribution in [0.4, 0.5) is 18.9 Å². The van der Waals surface area contributed by atoms with Crippen molar-refractivity contribution in [3.63, 3.8) is 0 Å². The zero-order valence-electron chi connectivity index (χ0n) is 9.29. The first-order valence-corrected chi connectivity index (χ1v) is 4.85. The Labute approximate surface area is 104 Å². The van der Waals surface area contributed by atoms with Gasteiger partial charge in [0, 0.05) is 11.0 Å². The Morgan fingerprint density at radius 2 is 2.16 bits per heavy atom. The Morgan fingerprint density at radius 3 is 2.68 bits per heavy atom. The Morgan fingerprint density at radius 1 is 1.47 bits per heavy atom. The third-order valence-corrected chi connectivity index (χ3v) is 2.00. The van der Waals surface area contributed by atoms with E-state index >= 15 is 0 Å². The minimum absolute atomic E-state index is 0.0886. The summed E-state index contributed by atoms with van der Waals surface area (Å²) in [4.78, 5) is 12.1. The summed E-state index contributed by atoms with van der Waals surface area (Å²) >= 11 is 0. The van der Waals surface area contributed by atoms with Crippen molar-refractivity contribution in [1.29, 1.82) is 0 Å². The number of alkyl halides is 3. The molecule has 0 aromatic heterocycles. The molecule has 0 saturated heterocycles. The molecule has 0 aliphatic carbocycles. The third kappa shape index (κ3) is 4.03. The largest absolute Gasteiger partial charge is 0.487 e. The zero-order valence-corrected chi connectivity index (χ0v) is 9.29. The number of azide groups is 1. The summed E-state index contributed by atoms with van der Waals surface area (Å²) in [7, 11) is 0. The van der Waals surface area contributed by atoms with Gasteiger partial charge in [-0.2, -0.15) is 13.2 Å². The van der Waals surface area contributed by atoms with Gasteiger partial charge in [-0.05, 0) is 17.7 Å². The highest BCUT2D eigenvalue weighted by Gasteiger charge is 2.33. The lowest BCUT2D eigenvalue weighted by atomic mass is 10.2. The molecule has 10 heteroatoms. The summed E-state index contributed by atoms with van der Waals surface area (Å²) in [5.74, 6) is -0.314. The van der Waals surface area contributed by atoms with E-state index in [0.29, 0.717) is 12.1 Å². The molecule has 102 valence electrons. The van der Waals surface area contributed by atoms with Crippen molar-refractivity contribution < 1.29 is 22.8 Å². The Kier molecular flexibility index (Phi) is 4.54. The smallest absolute Gasteiger partial charge is 0.416 e. The summed E-state index contributed by atoms with van der Waals surface area (Å²) < 4.78 is 42.1. The molecule has 0 heterocycles. The van der Waals surface area contributed by atoms with Crippen LogP contribution in [0.3, 0.4) is 0 Å². The molecule has 0 aliphatic heterocycles. The molecular formula is C9H7F3N4O3. The van der Waals surface area contributed by atoms with Crippen LogP contribution in [0.15, 0.2) is 23.3 Å². The predicted molar refractivity (Wildman–Crippen MR) is 57.6 cm³/mol. The zero-order chi connectivity index (χ0) is 14.5. The van der Waals surface area contributed by atoms with Crippen molar-refractivity contribution in [1.82, 2.24) is 0 Å². The van der Waals surface area contributed by atoms with Gasteiger partial charge in [0.15, 0.2) is 5.75 Å². The number of halogens is 3. The molecule has 0 atom stereocenters. The van der Waals surface area contributed by atoms with Crippen molar-refractivity contribution in [2.24, 2.45) is 5.11 Å². The van der Waals surface area contributed by atoms with Crippen LogP contribution >= 0.6 is 0 Å². The SMILES string of the molecule is [N-]=[N+]=NCCOc1ccc(C(F)(F)F)cc1[N+](=O)[O-]. The predicted octanol–water partition coefficient (Wildman–Crippen LogP) is 3.30. The van der Waals surface area contributed by atoms with Crippen LogP contribution in [0, 0.1) is 10.1 Å². The van der Waals surface area contributed by atoms with Crippen molar-refractivity contribution >= 4 is 5.69 Å². The van der Waals surface area contributed by atoms with E-state index in [-0.39, 0.29) is 18.9 Å². The fourth-order valence-electron chi connectivity index (χ4n) is 1.20. The second kappa shape index (κ2) is 5.91. The molecule has 7 nitrogen and oxygen atoms in total. The Balaban J connectivity index is 2.98. The maximum absolute atomic E-state index is 12.4. The number of hydrogen-bond donors (Lipinski definition) is 0. The number of ether oxygens (including phenoxy) is 1. The topological polar surface area (TPSA) is 101 Å². The molecular weight excluding hydrogens is 269 g/mol. The van der Waals surface area contributed by atoms with Crippen LogP contribution < -0.4 is 4.74 Å². The van der Waals surface area contributed by atoms with Gasteiger partial charge in [-0.15, -0.1) is 0 Å². The first kappa shape index (κ1) is 14.6. The Bertz CT molecular complexity index is 526. The van der Waals surface area contributed by atoms with Crippen LogP contribution in [0.2, 0.25) is 0 Å². The van der Waals surface area contributed by atoms with Gasteiger partial charge in [-0.25, -0.2) is 0 Å². The second-order valence-electron chi connectivity index (χ2n) is 3.24. The maximum atomic E-state index is 12.4. The molecule has 1 rings (SSSR count). The van der Waals surface area contributed by atoms with Crippen LogP contribution in [0.5, 0.6) is 5.75 Å². The van der Waals surface area contributed by atoms with Crippen molar-refractivity contribution in [2.45, 2.75) is 6.18 Å². The number of benzene rings is 1. The van der Waals surface area contributed by atoms with Crippen LogP contribution in [-0.2, 0) is 6.18 Å². The number of rotatable bonds is 5. The molecule has 0 bridgehead atoms. The molecule has 0 saturated carbocycles. The monoisotopic (exact) mass is 276 g/mol. The lowest BCUT2D eigenvalue weighted by molar-refractivity contribution is -0.386. The average Bonchev–Trinajstić information content (AvgIpc) is 2.33. The number of nitro benzene ring substituents is 1. The van der Waals surface area contributed by atoms with E-state index in [0.717, 1.165) is 6.07 Å². The lowest BCUT2D eigenvalue weighted by Crippen LogP contribution is -2.07. The van der Waals surface area contributed by atoms with Gasteiger partial charge in [0.2, 0.25) is 0 Å². The molecule has 19 heavy (non-hydrogen) atoms. The van der Waals surface area contributed by atoms with Gasteiger partial charge in [0.25, 0.3) is 0 Å². The molecule has 0 spiro atoms. The molecule has 0 amide bonds. The van der Waals surface area contributed by atoms with Crippen LogP contribution in [0.25, 0.3) is 10.4 Å². The van der Waals surface area contributed by atoms with E-state index in [4.69, 9.17) is 10.3 Å². The van der Waals surface area contributed by atoms with Gasteiger partial charge in [-0.1, -0.05) is 5.11 Å². The highest BCUT2D eigenvalue weighted by molar-refractivity contribution is 5.49. The fourth-order valence-corrected chi connectivity index (χ4v) is 1.20. The van der Waals surface area contributed by atoms with E-state index in [9.17, 15) is 23.3 Å². The van der Waals surface area contributed by atoms with Crippen LogP contribution in [0.1, 0.15) is 5.56 Å². The minimum Gasteiger partial charge on any atom is -0.487 e. The van der Waals surface area contributed by atoms with E-state index in [2.05, 4.69) is 10.0 Å². The fraction of sp³-hybridized carbons (Fsp3) is 0.333. The number of nitro groups is 1. The second-order valence-corrected chi connectivity index (χ2v) is 3.24. The van der Waals surface area contributed by atoms with Gasteiger partial charge < -0.3 is 4.74 Å². The normalized spacial score (nSPS) is 10.7. The highest BCUT2D eigenvalue weighted by Crippen LogP contribution is 2.35. The minimum atomic E-state index is -4.67. The number of nitrogens with zero attached hydrogens (tertiary/aromatic N) is 4. The summed E-state index contributed by atoms with van der Waals surface area (Å²) in [6, 6.07) is 1.93. The maximum Gasteiger partial charge on any atom is 0.416 e. The van der Waals surface area contributed by atoms with Crippen molar-refractivity contribution in [3.8, 4) is 5.75 Å². The third-order valence-electron chi connectivity index (χ3n) is 2.00. The van der Waals surface area contributed by atoms with Gasteiger partial charge in [0.05, 0.1) is 23.6 Å².